The van der Waals surface area contributed by atoms with Crippen LogP contribution in [0.4, 0.5) is 16.2 Å². The van der Waals surface area contributed by atoms with Crippen molar-refractivity contribution in [2.24, 2.45) is 5.92 Å². The molecule has 0 aromatic heterocycles. The first-order valence-corrected chi connectivity index (χ1v) is 9.26. The molecule has 25 heavy (non-hydrogen) atoms. The minimum atomic E-state index is -0.269. The fourth-order valence-electron chi connectivity index (χ4n) is 3.44. The van der Waals surface area contributed by atoms with Crippen molar-refractivity contribution in [2.45, 2.75) is 51.6 Å². The molecule has 6 nitrogen and oxygen atoms in total. The van der Waals surface area contributed by atoms with Gasteiger partial charge in [-0.15, -0.1) is 0 Å². The van der Waals surface area contributed by atoms with Crippen LogP contribution in [0.1, 0.15) is 39.5 Å². The number of hydrogen-bond donors (Lipinski definition) is 3. The lowest BCUT2D eigenvalue weighted by molar-refractivity contribution is -0.121. The number of benzene rings is 1. The molecule has 1 saturated carbocycles. The molecular weight excluding hydrogens is 316 g/mol. The number of rotatable bonds is 6. The Balaban J connectivity index is 1.69. The zero-order chi connectivity index (χ0) is 17.8. The summed E-state index contributed by atoms with van der Waals surface area (Å²) in [6, 6.07) is 7.09. The standard InChI is InChI=1S/C19H28N4O2/c1-13(2)20-19(25)22-16-8-4-3-7-15(16)21-18(24)17(14-9-10-14)23-11-5-6-12-23/h3-4,7-8,13-14,17H,5-6,9-12H2,1-2H3,(H,21,24)(H2,20,22,25). The van der Waals surface area contributed by atoms with Crippen molar-refractivity contribution in [2.75, 3.05) is 23.7 Å². The predicted octanol–water partition coefficient (Wildman–Crippen LogP) is 3.03. The van der Waals surface area contributed by atoms with Gasteiger partial charge < -0.3 is 16.0 Å². The SMILES string of the molecule is CC(C)NC(=O)Nc1ccccc1NC(=O)C(C1CC1)N1CCCC1. The first-order valence-electron chi connectivity index (χ1n) is 9.26. The highest BCUT2D eigenvalue weighted by Gasteiger charge is 2.41. The van der Waals surface area contributed by atoms with E-state index in [1.54, 1.807) is 6.07 Å². The Morgan fingerprint density at radius 2 is 1.64 bits per heavy atom. The van der Waals surface area contributed by atoms with Gasteiger partial charge in [0.05, 0.1) is 17.4 Å². The molecule has 1 heterocycles. The van der Waals surface area contributed by atoms with Crippen LogP contribution in [0.15, 0.2) is 24.3 Å². The number of nitrogens with one attached hydrogen (secondary N) is 3. The van der Waals surface area contributed by atoms with E-state index in [-0.39, 0.29) is 24.0 Å². The third-order valence-corrected chi connectivity index (χ3v) is 4.72. The normalized spacial score (nSPS) is 18.8. The molecule has 3 rings (SSSR count). The minimum absolute atomic E-state index is 0.0416. The van der Waals surface area contributed by atoms with Crippen LogP contribution in [0.25, 0.3) is 0 Å². The molecule has 1 atom stereocenters. The second-order valence-electron chi connectivity index (χ2n) is 7.31. The number of urea groups is 1. The van der Waals surface area contributed by atoms with E-state index in [1.165, 1.54) is 12.8 Å². The number of amides is 3. The molecule has 0 radical (unpaired) electrons. The number of carbonyl (C=O) groups excluding carboxylic acids is 2. The van der Waals surface area contributed by atoms with Crippen molar-refractivity contribution in [3.63, 3.8) is 0 Å². The summed E-state index contributed by atoms with van der Waals surface area (Å²) >= 11 is 0. The van der Waals surface area contributed by atoms with Crippen molar-refractivity contribution < 1.29 is 9.59 Å². The van der Waals surface area contributed by atoms with Crippen LogP contribution in [-0.4, -0.2) is 42.0 Å². The Kier molecular flexibility index (Phi) is 5.58. The molecule has 1 aromatic rings. The molecule has 2 aliphatic rings. The Morgan fingerprint density at radius 1 is 1.04 bits per heavy atom. The molecular formula is C19H28N4O2. The van der Waals surface area contributed by atoms with Crippen molar-refractivity contribution >= 4 is 23.3 Å². The summed E-state index contributed by atoms with van der Waals surface area (Å²) in [4.78, 5) is 27.2. The van der Waals surface area contributed by atoms with Crippen molar-refractivity contribution in [1.29, 1.82) is 0 Å². The van der Waals surface area contributed by atoms with Gasteiger partial charge in [0.2, 0.25) is 5.91 Å². The minimum Gasteiger partial charge on any atom is -0.336 e. The van der Waals surface area contributed by atoms with Crippen molar-refractivity contribution in [3.8, 4) is 0 Å². The highest BCUT2D eigenvalue weighted by atomic mass is 16.2. The highest BCUT2D eigenvalue weighted by molar-refractivity contribution is 6.01. The molecule has 6 heteroatoms. The third kappa shape index (κ3) is 4.72. The number of anilines is 2. The van der Waals surface area contributed by atoms with E-state index in [1.807, 2.05) is 32.0 Å². The lowest BCUT2D eigenvalue weighted by atomic mass is 10.1. The maximum Gasteiger partial charge on any atom is 0.319 e. The Labute approximate surface area is 149 Å². The largest absolute Gasteiger partial charge is 0.336 e. The van der Waals surface area contributed by atoms with Gasteiger partial charge in [-0.2, -0.15) is 0 Å². The maximum absolute atomic E-state index is 12.9. The maximum atomic E-state index is 12.9. The molecule has 1 saturated heterocycles. The van der Waals surface area contributed by atoms with E-state index in [2.05, 4.69) is 20.9 Å². The molecule has 1 aliphatic heterocycles. The van der Waals surface area contributed by atoms with E-state index < -0.39 is 0 Å². The number of hydrogen-bond acceptors (Lipinski definition) is 3. The lowest BCUT2D eigenvalue weighted by Gasteiger charge is -2.27. The average Bonchev–Trinajstić information content (AvgIpc) is 3.22. The zero-order valence-electron chi connectivity index (χ0n) is 15.0. The molecule has 1 unspecified atom stereocenters. The third-order valence-electron chi connectivity index (χ3n) is 4.72. The molecule has 1 aliphatic carbocycles. The van der Waals surface area contributed by atoms with Gasteiger partial charge in [-0.3, -0.25) is 9.69 Å². The smallest absolute Gasteiger partial charge is 0.319 e. The number of nitrogens with zero attached hydrogens (tertiary/aromatic N) is 1. The monoisotopic (exact) mass is 344 g/mol. The first-order chi connectivity index (χ1) is 12.0. The number of para-hydroxylation sites is 2. The van der Waals surface area contributed by atoms with Gasteiger partial charge >= 0.3 is 6.03 Å². The van der Waals surface area contributed by atoms with Gasteiger partial charge in [0, 0.05) is 6.04 Å². The number of likely N-dealkylation sites (tertiary alicyclic amines) is 1. The van der Waals surface area contributed by atoms with Crippen LogP contribution in [0.5, 0.6) is 0 Å². The Bertz CT molecular complexity index is 622. The van der Waals surface area contributed by atoms with Gasteiger partial charge in [0.25, 0.3) is 0 Å². The van der Waals surface area contributed by atoms with E-state index >= 15 is 0 Å². The Morgan fingerprint density at radius 3 is 2.20 bits per heavy atom. The molecule has 1 aromatic carbocycles. The van der Waals surface area contributed by atoms with Gasteiger partial charge in [-0.05, 0) is 70.7 Å². The molecule has 3 amide bonds. The van der Waals surface area contributed by atoms with Crippen LogP contribution < -0.4 is 16.0 Å². The van der Waals surface area contributed by atoms with Crippen LogP contribution in [0.2, 0.25) is 0 Å². The number of carbonyl (C=O) groups is 2. The zero-order valence-corrected chi connectivity index (χ0v) is 15.0. The summed E-state index contributed by atoms with van der Waals surface area (Å²) in [6.07, 6.45) is 4.60. The summed E-state index contributed by atoms with van der Waals surface area (Å²) in [7, 11) is 0. The summed E-state index contributed by atoms with van der Waals surface area (Å²) in [5.74, 6) is 0.519. The molecule has 2 fully saturated rings. The van der Waals surface area contributed by atoms with Gasteiger partial charge in [0.1, 0.15) is 0 Å². The van der Waals surface area contributed by atoms with Crippen LogP contribution in [0.3, 0.4) is 0 Å². The van der Waals surface area contributed by atoms with Crippen LogP contribution in [-0.2, 0) is 4.79 Å². The van der Waals surface area contributed by atoms with Crippen LogP contribution >= 0.6 is 0 Å². The Hall–Kier alpha value is -2.08. The summed E-state index contributed by atoms with van der Waals surface area (Å²) in [5, 5.41) is 8.66. The second kappa shape index (κ2) is 7.87. The van der Waals surface area contributed by atoms with E-state index in [4.69, 9.17) is 0 Å². The van der Waals surface area contributed by atoms with E-state index in [0.29, 0.717) is 17.3 Å². The predicted molar refractivity (Wildman–Crippen MR) is 99.7 cm³/mol. The molecule has 0 bridgehead atoms. The quantitative estimate of drug-likeness (QED) is 0.743. The molecule has 0 spiro atoms. The second-order valence-corrected chi connectivity index (χ2v) is 7.31. The fraction of sp³-hybridized carbons (Fsp3) is 0.579. The summed E-state index contributed by atoms with van der Waals surface area (Å²) < 4.78 is 0. The van der Waals surface area contributed by atoms with Crippen molar-refractivity contribution in [1.82, 2.24) is 10.2 Å². The molecule has 136 valence electrons. The lowest BCUT2D eigenvalue weighted by Crippen LogP contribution is -2.44. The van der Waals surface area contributed by atoms with Crippen molar-refractivity contribution in [3.05, 3.63) is 24.3 Å². The highest BCUT2D eigenvalue weighted by Crippen LogP contribution is 2.37. The van der Waals surface area contributed by atoms with Gasteiger partial charge in [-0.25, -0.2) is 4.79 Å². The van der Waals surface area contributed by atoms with E-state index in [0.717, 1.165) is 25.9 Å². The van der Waals surface area contributed by atoms with Gasteiger partial charge in [0.15, 0.2) is 0 Å². The van der Waals surface area contributed by atoms with Crippen LogP contribution in [0, 0.1) is 5.92 Å². The summed E-state index contributed by atoms with van der Waals surface area (Å²) in [6.45, 7) is 5.82. The first kappa shape index (κ1) is 17.7. The summed E-state index contributed by atoms with van der Waals surface area (Å²) in [5.41, 5.74) is 1.27. The van der Waals surface area contributed by atoms with E-state index in [9.17, 15) is 9.59 Å². The average molecular weight is 344 g/mol. The topological polar surface area (TPSA) is 73.5 Å². The fourth-order valence-corrected chi connectivity index (χ4v) is 3.44. The van der Waals surface area contributed by atoms with Gasteiger partial charge in [-0.1, -0.05) is 12.1 Å². The molecule has 3 N–H and O–H groups in total.